The second-order valence-corrected chi connectivity index (χ2v) is 9.12. The number of hydrogen-bond donors (Lipinski definition) is 1. The van der Waals surface area contributed by atoms with Gasteiger partial charge in [-0.15, -0.1) is 0 Å². The number of hydrogen-bond acceptors (Lipinski definition) is 6. The smallest absolute Gasteiger partial charge is 0.237 e. The lowest BCUT2D eigenvalue weighted by atomic mass is 10.1. The number of methoxy groups -OCH3 is 2. The Morgan fingerprint density at radius 3 is 2.56 bits per heavy atom. The molecule has 2 aliphatic carbocycles. The number of fused-ring (bicyclic) bond motifs is 2. The average Bonchev–Trinajstić information content (AvgIpc) is 3.72. The Morgan fingerprint density at radius 2 is 1.81 bits per heavy atom. The Balaban J connectivity index is 1.64. The second kappa shape index (κ2) is 9.17. The summed E-state index contributed by atoms with van der Waals surface area (Å²) in [6.45, 7) is 0. The summed E-state index contributed by atoms with van der Waals surface area (Å²) < 4.78 is 13.2. The quantitative estimate of drug-likeness (QED) is 0.291. The zero-order valence-corrected chi connectivity index (χ0v) is 20.7. The summed E-state index contributed by atoms with van der Waals surface area (Å²) in [6.07, 6.45) is 3.90. The molecule has 0 bridgehead atoms. The van der Waals surface area contributed by atoms with Crippen molar-refractivity contribution in [3.05, 3.63) is 83.3 Å². The zero-order chi connectivity index (χ0) is 24.6. The van der Waals surface area contributed by atoms with Gasteiger partial charge in [0, 0.05) is 23.0 Å². The van der Waals surface area contributed by atoms with E-state index in [1.165, 1.54) is 0 Å². The summed E-state index contributed by atoms with van der Waals surface area (Å²) in [7, 11) is 3.28. The van der Waals surface area contributed by atoms with Gasteiger partial charge in [-0.2, -0.15) is 0 Å². The topological polar surface area (TPSA) is 73.6 Å². The molecule has 0 atom stereocenters. The monoisotopic (exact) mass is 497 g/mol. The van der Waals surface area contributed by atoms with Crippen LogP contribution in [0.15, 0.2) is 77.9 Å². The van der Waals surface area contributed by atoms with Crippen LogP contribution in [0.4, 0.5) is 11.4 Å². The molecule has 0 spiro atoms. The highest BCUT2D eigenvalue weighted by Crippen LogP contribution is 2.33. The maximum Gasteiger partial charge on any atom is 0.237 e. The fourth-order valence-corrected chi connectivity index (χ4v) is 4.39. The summed E-state index contributed by atoms with van der Waals surface area (Å²) in [5.74, 6) is 1.28. The van der Waals surface area contributed by atoms with E-state index in [1.807, 2.05) is 60.7 Å². The summed E-state index contributed by atoms with van der Waals surface area (Å²) in [4.78, 5) is 14.3. The van der Waals surface area contributed by atoms with Crippen molar-refractivity contribution in [2.75, 3.05) is 19.5 Å². The van der Waals surface area contributed by atoms with Gasteiger partial charge in [-0.05, 0) is 73.5 Å². The third kappa shape index (κ3) is 4.22. The first-order valence-corrected chi connectivity index (χ1v) is 12.1. The van der Waals surface area contributed by atoms with Crippen molar-refractivity contribution in [1.82, 2.24) is 14.5 Å². The number of pyridine rings is 1. The maximum atomic E-state index is 6.22. The Morgan fingerprint density at radius 1 is 0.972 bits per heavy atom. The van der Waals surface area contributed by atoms with Crippen LogP contribution in [0.1, 0.15) is 12.8 Å². The fourth-order valence-electron chi connectivity index (χ4n) is 4.27. The lowest BCUT2D eigenvalue weighted by molar-refractivity contribution is 0.400. The average molecular weight is 498 g/mol. The minimum atomic E-state index is 0.330. The Hall–Kier alpha value is -4.10. The molecule has 36 heavy (non-hydrogen) atoms. The van der Waals surface area contributed by atoms with Crippen molar-refractivity contribution in [3.8, 4) is 28.7 Å². The lowest BCUT2D eigenvalue weighted by Crippen LogP contribution is -2.16. The number of nitrogens with zero attached hydrogens (tertiary/aromatic N) is 4. The molecule has 1 aliphatic heterocycles. The SMILES string of the molecule is COc1ccc2nc3cc(Nc4cccnc4OC)/c(=N/C4CC4)cc-3n(-c3ccc(Cl)cc3)c2c1. The molecular formula is C28H24ClN5O2. The number of benzene rings is 3. The van der Waals surface area contributed by atoms with Crippen LogP contribution in [0.3, 0.4) is 0 Å². The Labute approximate surface area is 213 Å². The van der Waals surface area contributed by atoms with Crippen molar-refractivity contribution in [3.63, 3.8) is 0 Å². The van der Waals surface area contributed by atoms with Crippen LogP contribution in [0.2, 0.25) is 5.02 Å². The number of halogens is 1. The van der Waals surface area contributed by atoms with E-state index in [2.05, 4.69) is 20.9 Å². The number of nitrogens with one attached hydrogen (secondary N) is 1. The van der Waals surface area contributed by atoms with E-state index in [9.17, 15) is 0 Å². The number of aromatic nitrogens is 3. The van der Waals surface area contributed by atoms with Crippen LogP contribution in [0.25, 0.3) is 28.1 Å². The third-order valence-electron chi connectivity index (χ3n) is 6.19. The summed E-state index contributed by atoms with van der Waals surface area (Å²) in [5.41, 5.74) is 6.11. The van der Waals surface area contributed by atoms with E-state index in [1.54, 1.807) is 20.4 Å². The molecule has 0 saturated heterocycles. The molecule has 3 aromatic rings. The van der Waals surface area contributed by atoms with Gasteiger partial charge in [0.25, 0.3) is 0 Å². The van der Waals surface area contributed by atoms with E-state index in [0.717, 1.165) is 63.4 Å². The summed E-state index contributed by atoms with van der Waals surface area (Å²) >= 11 is 6.22. The number of anilines is 2. The van der Waals surface area contributed by atoms with E-state index in [-0.39, 0.29) is 0 Å². The normalized spacial score (nSPS) is 13.8. The first-order chi connectivity index (χ1) is 17.6. The molecule has 0 radical (unpaired) electrons. The minimum absolute atomic E-state index is 0.330. The van der Waals surface area contributed by atoms with Gasteiger partial charge in [0.05, 0.1) is 53.7 Å². The lowest BCUT2D eigenvalue weighted by Gasteiger charge is -2.21. The summed E-state index contributed by atoms with van der Waals surface area (Å²) in [5, 5.41) is 5.03. The predicted molar refractivity (Wildman–Crippen MR) is 142 cm³/mol. The van der Waals surface area contributed by atoms with Crippen LogP contribution in [-0.2, 0) is 0 Å². The van der Waals surface area contributed by atoms with Gasteiger partial charge in [-0.3, -0.25) is 4.99 Å². The van der Waals surface area contributed by atoms with Crippen molar-refractivity contribution in [2.45, 2.75) is 18.9 Å². The van der Waals surface area contributed by atoms with E-state index in [4.69, 9.17) is 31.1 Å². The predicted octanol–water partition coefficient (Wildman–Crippen LogP) is 6.00. The molecule has 0 unspecified atom stereocenters. The van der Waals surface area contributed by atoms with E-state index >= 15 is 0 Å². The zero-order valence-electron chi connectivity index (χ0n) is 19.9. The Bertz CT molecular complexity index is 1610. The van der Waals surface area contributed by atoms with Crippen LogP contribution < -0.4 is 20.1 Å². The number of rotatable bonds is 6. The molecule has 0 amide bonds. The molecule has 7 nitrogen and oxygen atoms in total. The highest BCUT2D eigenvalue weighted by Gasteiger charge is 2.22. The second-order valence-electron chi connectivity index (χ2n) is 8.68. The van der Waals surface area contributed by atoms with Crippen molar-refractivity contribution < 1.29 is 9.47 Å². The molecule has 1 saturated carbocycles. The molecule has 6 rings (SSSR count). The number of ether oxygens (including phenoxy) is 2. The highest BCUT2D eigenvalue weighted by atomic mass is 35.5. The summed E-state index contributed by atoms with van der Waals surface area (Å²) in [6, 6.07) is 22.0. The van der Waals surface area contributed by atoms with Crippen molar-refractivity contribution >= 4 is 34.0 Å². The Kier molecular flexibility index (Phi) is 5.70. The molecule has 2 aromatic carbocycles. The van der Waals surface area contributed by atoms with E-state index < -0.39 is 0 Å². The van der Waals surface area contributed by atoms with Crippen LogP contribution in [-0.4, -0.2) is 34.8 Å². The minimum Gasteiger partial charge on any atom is -0.497 e. The first-order valence-electron chi connectivity index (χ1n) is 11.7. The third-order valence-corrected chi connectivity index (χ3v) is 6.44. The van der Waals surface area contributed by atoms with Crippen LogP contribution >= 0.6 is 11.6 Å². The molecule has 1 N–H and O–H groups in total. The van der Waals surface area contributed by atoms with Crippen molar-refractivity contribution in [2.24, 2.45) is 4.99 Å². The largest absolute Gasteiger partial charge is 0.497 e. The maximum absolute atomic E-state index is 6.22. The molecule has 2 heterocycles. The van der Waals surface area contributed by atoms with Gasteiger partial charge in [0.2, 0.25) is 5.88 Å². The van der Waals surface area contributed by atoms with Gasteiger partial charge >= 0.3 is 0 Å². The van der Waals surface area contributed by atoms with Crippen LogP contribution in [0.5, 0.6) is 11.6 Å². The van der Waals surface area contributed by atoms with Gasteiger partial charge in [0.1, 0.15) is 11.4 Å². The van der Waals surface area contributed by atoms with Crippen LogP contribution in [0, 0.1) is 0 Å². The molecular weight excluding hydrogens is 474 g/mol. The standard InChI is InChI=1S/C28H24ClN5O2/c1-35-20-11-12-21-26(14-20)34(19-9-5-17(29)6-10-19)27-16-24(31-18-7-8-18)23(15-25(27)32-21)33-22-4-3-13-30-28(22)36-2/h3-6,9-16,18,33H,7-8H2,1-2H3/b31-24+. The van der Waals surface area contributed by atoms with Gasteiger partial charge < -0.3 is 19.4 Å². The molecule has 180 valence electrons. The first kappa shape index (κ1) is 22.4. The van der Waals surface area contributed by atoms with Gasteiger partial charge in [-0.1, -0.05) is 11.6 Å². The highest BCUT2D eigenvalue weighted by molar-refractivity contribution is 6.30. The molecule has 1 fully saturated rings. The fraction of sp³-hybridized carbons (Fsp3) is 0.179. The molecule has 8 heteroatoms. The van der Waals surface area contributed by atoms with E-state index in [0.29, 0.717) is 16.9 Å². The molecule has 1 aromatic heterocycles. The van der Waals surface area contributed by atoms with Crippen molar-refractivity contribution in [1.29, 1.82) is 0 Å². The molecule has 3 aliphatic rings. The van der Waals surface area contributed by atoms with Gasteiger partial charge in [0.15, 0.2) is 0 Å². The van der Waals surface area contributed by atoms with Gasteiger partial charge in [-0.25, -0.2) is 9.97 Å².